The predicted octanol–water partition coefficient (Wildman–Crippen LogP) is 4.08. The molecule has 4 atom stereocenters. The summed E-state index contributed by atoms with van der Waals surface area (Å²) in [6.45, 7) is 0. The van der Waals surface area contributed by atoms with E-state index in [1.165, 1.54) is 0 Å². The molecule has 0 aromatic carbocycles. The molecule has 0 N–H and O–H groups in total. The molecule has 0 spiro atoms. The molecule has 0 aromatic rings. The van der Waals surface area contributed by atoms with Crippen LogP contribution in [0.2, 0.25) is 0 Å². The van der Waals surface area contributed by atoms with Crippen LogP contribution >= 0.6 is 0 Å². The topological polar surface area (TPSA) is 0 Å². The lowest BCUT2D eigenvalue weighted by Crippen LogP contribution is -2.46. The fourth-order valence-corrected chi connectivity index (χ4v) is 4.07. The summed E-state index contributed by atoms with van der Waals surface area (Å²) in [7, 11) is 0. The summed E-state index contributed by atoms with van der Waals surface area (Å²) in [6, 6.07) is 0. The Morgan fingerprint density at radius 2 is 1.06 bits per heavy atom. The van der Waals surface area contributed by atoms with Crippen molar-refractivity contribution in [2.45, 2.75) is 31.6 Å². The molecule has 3 aliphatic rings. The van der Waals surface area contributed by atoms with Gasteiger partial charge in [-0.05, 0) is 42.9 Å². The second-order valence-corrected chi connectivity index (χ2v) is 5.21. The molecule has 96 valence electrons. The van der Waals surface area contributed by atoms with Crippen molar-refractivity contribution in [1.82, 2.24) is 0 Å². The molecule has 17 heavy (non-hydrogen) atoms. The average molecular weight is 256 g/mol. The van der Waals surface area contributed by atoms with Crippen LogP contribution in [-0.4, -0.2) is 12.4 Å². The van der Waals surface area contributed by atoms with E-state index in [4.69, 9.17) is 0 Å². The number of halogens is 6. The first-order valence-corrected chi connectivity index (χ1v) is 5.59. The third kappa shape index (κ3) is 1.38. The van der Waals surface area contributed by atoms with Crippen LogP contribution in [-0.2, 0) is 0 Å². The number of hydrogen-bond donors (Lipinski definition) is 0. The van der Waals surface area contributed by atoms with E-state index in [1.54, 1.807) is 0 Å². The van der Waals surface area contributed by atoms with E-state index in [2.05, 4.69) is 0 Å². The maximum atomic E-state index is 12.7. The van der Waals surface area contributed by atoms with Gasteiger partial charge in [0.25, 0.3) is 0 Å². The largest absolute Gasteiger partial charge is 0.413 e. The van der Waals surface area contributed by atoms with Gasteiger partial charge < -0.3 is 0 Å². The van der Waals surface area contributed by atoms with Gasteiger partial charge in [-0.25, -0.2) is 0 Å². The van der Waals surface area contributed by atoms with E-state index in [1.807, 2.05) is 0 Å². The highest BCUT2D eigenvalue weighted by molar-refractivity contribution is 5.43. The fourth-order valence-electron chi connectivity index (χ4n) is 4.07. The molecule has 3 rings (SSSR count). The molecule has 0 radical (unpaired) electrons. The Balaban J connectivity index is 2.07. The van der Waals surface area contributed by atoms with Gasteiger partial charge in [0.2, 0.25) is 0 Å². The van der Waals surface area contributed by atoms with Gasteiger partial charge in [-0.15, -0.1) is 0 Å². The van der Waals surface area contributed by atoms with E-state index in [0.717, 1.165) is 0 Å². The summed E-state index contributed by atoms with van der Waals surface area (Å²) in [5, 5.41) is 0. The van der Waals surface area contributed by atoms with Crippen molar-refractivity contribution in [3.63, 3.8) is 0 Å². The van der Waals surface area contributed by atoms with Gasteiger partial charge in [0, 0.05) is 11.1 Å². The van der Waals surface area contributed by atoms with Crippen LogP contribution < -0.4 is 0 Å². The Hall–Kier alpha value is -0.680. The summed E-state index contributed by atoms with van der Waals surface area (Å²) >= 11 is 0. The molecule has 0 amide bonds. The number of fused-ring (bicyclic) bond motifs is 5. The minimum absolute atomic E-state index is 0.173. The van der Waals surface area contributed by atoms with Crippen molar-refractivity contribution in [3.05, 3.63) is 11.1 Å². The van der Waals surface area contributed by atoms with E-state index < -0.39 is 35.3 Å². The van der Waals surface area contributed by atoms with Crippen LogP contribution in [0.25, 0.3) is 0 Å². The van der Waals surface area contributed by atoms with Crippen LogP contribution in [0.3, 0.4) is 0 Å². The molecule has 0 aliphatic heterocycles. The summed E-state index contributed by atoms with van der Waals surface area (Å²) in [5.74, 6) is -2.09. The molecule has 2 bridgehead atoms. The van der Waals surface area contributed by atoms with Crippen LogP contribution in [0.5, 0.6) is 0 Å². The summed E-state index contributed by atoms with van der Waals surface area (Å²) in [6.07, 6.45) is -7.81. The van der Waals surface area contributed by atoms with Crippen molar-refractivity contribution < 1.29 is 26.3 Å². The molecule has 0 unspecified atom stereocenters. The number of alkyl halides is 6. The number of hydrogen-bond acceptors (Lipinski definition) is 0. The van der Waals surface area contributed by atoms with Gasteiger partial charge in [-0.3, -0.25) is 0 Å². The van der Waals surface area contributed by atoms with Gasteiger partial charge in [-0.1, -0.05) is 0 Å². The van der Waals surface area contributed by atoms with Crippen molar-refractivity contribution in [2.24, 2.45) is 23.7 Å². The van der Waals surface area contributed by atoms with Crippen molar-refractivity contribution in [3.8, 4) is 0 Å². The lowest BCUT2D eigenvalue weighted by molar-refractivity contribution is -0.148. The first-order valence-electron chi connectivity index (χ1n) is 5.59. The normalized spacial score (nSPS) is 40.6. The highest BCUT2D eigenvalue weighted by Gasteiger charge is 2.67. The van der Waals surface area contributed by atoms with E-state index in [-0.39, 0.29) is 11.8 Å². The van der Waals surface area contributed by atoms with Crippen LogP contribution in [0, 0.1) is 23.7 Å². The Labute approximate surface area is 93.7 Å². The average Bonchev–Trinajstić information content (AvgIpc) is 2.53. The molecule has 2 fully saturated rings. The van der Waals surface area contributed by atoms with Gasteiger partial charge in [0.1, 0.15) is 0 Å². The predicted molar refractivity (Wildman–Crippen MR) is 46.9 cm³/mol. The zero-order valence-electron chi connectivity index (χ0n) is 8.70. The van der Waals surface area contributed by atoms with Crippen LogP contribution in [0.4, 0.5) is 26.3 Å². The third-order valence-corrected chi connectivity index (χ3v) is 4.48. The molecule has 6 heteroatoms. The van der Waals surface area contributed by atoms with Crippen molar-refractivity contribution in [1.29, 1.82) is 0 Å². The molecule has 0 saturated heterocycles. The van der Waals surface area contributed by atoms with Gasteiger partial charge in [-0.2, -0.15) is 26.3 Å². The van der Waals surface area contributed by atoms with E-state index in [9.17, 15) is 26.3 Å². The quantitative estimate of drug-likeness (QED) is 0.452. The first kappa shape index (κ1) is 11.4. The Kier molecular flexibility index (Phi) is 2.02. The maximum Gasteiger partial charge on any atom is 0.413 e. The molecular formula is C11H10F6. The van der Waals surface area contributed by atoms with Crippen molar-refractivity contribution in [2.75, 3.05) is 0 Å². The summed E-state index contributed by atoms with van der Waals surface area (Å²) in [4.78, 5) is 0. The number of rotatable bonds is 0. The lowest BCUT2D eigenvalue weighted by atomic mass is 9.60. The van der Waals surface area contributed by atoms with Crippen molar-refractivity contribution >= 4 is 0 Å². The highest BCUT2D eigenvalue weighted by Crippen LogP contribution is 2.68. The lowest BCUT2D eigenvalue weighted by Gasteiger charge is -2.45. The summed E-state index contributed by atoms with van der Waals surface area (Å²) in [5.41, 5.74) is -2.55. The highest BCUT2D eigenvalue weighted by atomic mass is 19.4. The molecule has 0 nitrogen and oxygen atoms in total. The minimum atomic E-state index is -4.82. The standard InChI is InChI=1S/C11H10F6/c12-10(13,14)8-6-4-1-2-5(3-4)7(6)9(8)11(15,16)17/h4-7H,1-3H2/t4-,5+,6+,7-. The minimum Gasteiger partial charge on any atom is -0.166 e. The monoisotopic (exact) mass is 256 g/mol. The maximum absolute atomic E-state index is 12.7. The third-order valence-electron chi connectivity index (χ3n) is 4.48. The SMILES string of the molecule is FC(F)(F)C1=C(C(F)(F)F)[C@H]2[C@@H]3CC[C@@H](C3)[C@@H]12. The van der Waals surface area contributed by atoms with Crippen LogP contribution in [0.1, 0.15) is 19.3 Å². The zero-order valence-corrected chi connectivity index (χ0v) is 8.70. The zero-order chi connectivity index (χ0) is 12.6. The van der Waals surface area contributed by atoms with Crippen LogP contribution in [0.15, 0.2) is 11.1 Å². The van der Waals surface area contributed by atoms with Gasteiger partial charge >= 0.3 is 12.4 Å². The smallest absolute Gasteiger partial charge is 0.166 e. The van der Waals surface area contributed by atoms with E-state index in [0.29, 0.717) is 19.3 Å². The first-order chi connectivity index (χ1) is 7.71. The number of allylic oxidation sites excluding steroid dienone is 2. The Morgan fingerprint density at radius 1 is 0.706 bits per heavy atom. The summed E-state index contributed by atoms with van der Waals surface area (Å²) < 4.78 is 76.1. The van der Waals surface area contributed by atoms with E-state index >= 15 is 0 Å². The molecule has 2 saturated carbocycles. The second-order valence-electron chi connectivity index (χ2n) is 5.21. The van der Waals surface area contributed by atoms with Gasteiger partial charge in [0.05, 0.1) is 0 Å². The molecule has 0 heterocycles. The molecular weight excluding hydrogens is 246 g/mol. The second kappa shape index (κ2) is 3.01. The van der Waals surface area contributed by atoms with Gasteiger partial charge in [0.15, 0.2) is 0 Å². The Morgan fingerprint density at radius 3 is 1.35 bits per heavy atom. The molecule has 3 aliphatic carbocycles. The fraction of sp³-hybridized carbons (Fsp3) is 0.818. The Bertz CT molecular complexity index is 352. The molecule has 0 aromatic heterocycles.